The van der Waals surface area contributed by atoms with Gasteiger partial charge in [-0.2, -0.15) is 0 Å². The van der Waals surface area contributed by atoms with Crippen LogP contribution < -0.4 is 4.90 Å². The lowest BCUT2D eigenvalue weighted by Gasteiger charge is -2.40. The van der Waals surface area contributed by atoms with Crippen LogP contribution in [0.15, 0.2) is 24.3 Å². The molecule has 2 saturated heterocycles. The molecular formula is C15H18N2O3. The van der Waals surface area contributed by atoms with E-state index in [-0.39, 0.29) is 23.9 Å². The van der Waals surface area contributed by atoms with Crippen molar-refractivity contribution in [3.8, 4) is 0 Å². The molecule has 0 N–H and O–H groups in total. The van der Waals surface area contributed by atoms with E-state index in [9.17, 15) is 9.59 Å². The van der Waals surface area contributed by atoms with Gasteiger partial charge in [0.1, 0.15) is 0 Å². The van der Waals surface area contributed by atoms with Crippen molar-refractivity contribution in [2.45, 2.75) is 19.9 Å². The Morgan fingerprint density at radius 3 is 2.80 bits per heavy atom. The second kappa shape index (κ2) is 4.90. The van der Waals surface area contributed by atoms with Crippen LogP contribution in [0.1, 0.15) is 12.5 Å². The molecule has 0 aliphatic carbocycles. The zero-order valence-electron chi connectivity index (χ0n) is 11.7. The Morgan fingerprint density at radius 1 is 1.30 bits per heavy atom. The molecule has 106 valence electrons. The third-order valence-electron chi connectivity index (χ3n) is 4.03. The molecular weight excluding hydrogens is 256 g/mol. The van der Waals surface area contributed by atoms with Crippen molar-refractivity contribution in [2.24, 2.45) is 5.92 Å². The summed E-state index contributed by atoms with van der Waals surface area (Å²) in [5, 5.41) is 0. The fraction of sp³-hybridized carbons (Fsp3) is 0.467. The molecule has 2 aliphatic rings. The molecule has 20 heavy (non-hydrogen) atoms. The highest BCUT2D eigenvalue weighted by molar-refractivity contribution is 6.17. The summed E-state index contributed by atoms with van der Waals surface area (Å²) in [5.41, 5.74) is 1.67. The summed E-state index contributed by atoms with van der Waals surface area (Å²) in [4.78, 5) is 28.2. The molecule has 2 unspecified atom stereocenters. The van der Waals surface area contributed by atoms with E-state index in [1.165, 1.54) is 4.90 Å². The van der Waals surface area contributed by atoms with Crippen LogP contribution in [0.2, 0.25) is 0 Å². The molecule has 5 nitrogen and oxygen atoms in total. The van der Waals surface area contributed by atoms with Gasteiger partial charge in [-0.3, -0.25) is 4.79 Å². The smallest absolute Gasteiger partial charge is 0.331 e. The van der Waals surface area contributed by atoms with Crippen molar-refractivity contribution in [2.75, 3.05) is 24.7 Å². The summed E-state index contributed by atoms with van der Waals surface area (Å²) in [7, 11) is 0. The lowest BCUT2D eigenvalue weighted by atomic mass is 9.97. The summed E-state index contributed by atoms with van der Waals surface area (Å²) in [5.74, 6) is -0.388. The molecule has 0 radical (unpaired) electrons. The molecule has 0 saturated carbocycles. The number of fused-ring (bicyclic) bond motifs is 1. The summed E-state index contributed by atoms with van der Waals surface area (Å²) in [6.07, 6.45) is 0. The minimum atomic E-state index is -0.242. The Kier molecular flexibility index (Phi) is 3.22. The molecule has 3 rings (SSSR count). The molecule has 2 heterocycles. The number of ether oxygens (including phenoxy) is 1. The van der Waals surface area contributed by atoms with Crippen LogP contribution in [-0.2, 0) is 9.53 Å². The maximum atomic E-state index is 12.6. The maximum Gasteiger partial charge on any atom is 0.331 e. The van der Waals surface area contributed by atoms with Gasteiger partial charge in [0.15, 0.2) is 0 Å². The molecule has 0 bridgehead atoms. The largest absolute Gasteiger partial charge is 0.378 e. The van der Waals surface area contributed by atoms with Crippen LogP contribution in [-0.4, -0.2) is 42.6 Å². The predicted molar refractivity (Wildman–Crippen MR) is 74.5 cm³/mol. The first-order valence-electron chi connectivity index (χ1n) is 6.92. The number of benzene rings is 1. The lowest BCUT2D eigenvalue weighted by Crippen LogP contribution is -2.61. The SMILES string of the molecule is CCN1C(=O)N(c2cccc(C)c2)C(=O)C2COCC21. The number of urea groups is 1. The zero-order valence-corrected chi connectivity index (χ0v) is 11.7. The van der Waals surface area contributed by atoms with E-state index in [2.05, 4.69) is 0 Å². The van der Waals surface area contributed by atoms with Crippen molar-refractivity contribution in [1.82, 2.24) is 4.90 Å². The molecule has 2 aliphatic heterocycles. The van der Waals surface area contributed by atoms with Crippen LogP contribution >= 0.6 is 0 Å². The monoisotopic (exact) mass is 274 g/mol. The highest BCUT2D eigenvalue weighted by Gasteiger charge is 2.49. The van der Waals surface area contributed by atoms with Crippen molar-refractivity contribution in [3.63, 3.8) is 0 Å². The average Bonchev–Trinajstić information content (AvgIpc) is 2.89. The maximum absolute atomic E-state index is 12.6. The van der Waals surface area contributed by atoms with Crippen LogP contribution in [0.3, 0.4) is 0 Å². The van der Waals surface area contributed by atoms with Gasteiger partial charge in [-0.1, -0.05) is 12.1 Å². The van der Waals surface area contributed by atoms with E-state index in [0.29, 0.717) is 25.4 Å². The summed E-state index contributed by atoms with van der Waals surface area (Å²) in [6.45, 7) is 5.31. The Balaban J connectivity index is 2.01. The van der Waals surface area contributed by atoms with Crippen LogP contribution in [0.25, 0.3) is 0 Å². The highest BCUT2D eigenvalue weighted by Crippen LogP contribution is 2.31. The molecule has 0 spiro atoms. The van der Waals surface area contributed by atoms with Crippen LogP contribution in [0, 0.1) is 12.8 Å². The van der Waals surface area contributed by atoms with E-state index in [1.807, 2.05) is 32.0 Å². The molecule has 2 fully saturated rings. The van der Waals surface area contributed by atoms with Crippen LogP contribution in [0.5, 0.6) is 0 Å². The van der Waals surface area contributed by atoms with Gasteiger partial charge in [-0.15, -0.1) is 0 Å². The normalized spacial score (nSPS) is 26.1. The summed E-state index contributed by atoms with van der Waals surface area (Å²) < 4.78 is 5.41. The van der Waals surface area contributed by atoms with Gasteiger partial charge in [-0.05, 0) is 31.5 Å². The number of anilines is 1. The Hall–Kier alpha value is -1.88. The van der Waals surface area contributed by atoms with E-state index in [4.69, 9.17) is 4.74 Å². The second-order valence-electron chi connectivity index (χ2n) is 5.29. The number of imide groups is 1. The van der Waals surface area contributed by atoms with Gasteiger partial charge in [0.2, 0.25) is 5.91 Å². The zero-order chi connectivity index (χ0) is 14.3. The van der Waals surface area contributed by atoms with Crippen molar-refractivity contribution >= 4 is 17.6 Å². The standard InChI is InChI=1S/C15H18N2O3/c1-3-16-13-9-20-8-12(13)14(18)17(15(16)19)11-6-4-5-10(2)7-11/h4-7,12-13H,3,8-9H2,1-2H3. The fourth-order valence-electron chi connectivity index (χ4n) is 2.99. The van der Waals surface area contributed by atoms with Gasteiger partial charge >= 0.3 is 6.03 Å². The van der Waals surface area contributed by atoms with Crippen molar-refractivity contribution in [1.29, 1.82) is 0 Å². The molecule has 3 amide bonds. The third-order valence-corrected chi connectivity index (χ3v) is 4.03. The molecule has 1 aromatic carbocycles. The Bertz CT molecular complexity index is 558. The average molecular weight is 274 g/mol. The number of aryl methyl sites for hydroxylation is 1. The van der Waals surface area contributed by atoms with Gasteiger partial charge in [0.05, 0.1) is 30.9 Å². The fourth-order valence-corrected chi connectivity index (χ4v) is 2.99. The number of likely N-dealkylation sites (N-methyl/N-ethyl adjacent to an activating group) is 1. The minimum Gasteiger partial charge on any atom is -0.378 e. The van der Waals surface area contributed by atoms with Crippen LogP contribution in [0.4, 0.5) is 10.5 Å². The summed E-state index contributed by atoms with van der Waals surface area (Å²) >= 11 is 0. The topological polar surface area (TPSA) is 49.9 Å². The second-order valence-corrected chi connectivity index (χ2v) is 5.29. The first kappa shape index (κ1) is 13.1. The lowest BCUT2D eigenvalue weighted by molar-refractivity contribution is -0.124. The van der Waals surface area contributed by atoms with E-state index < -0.39 is 0 Å². The minimum absolute atomic E-state index is 0.110. The quantitative estimate of drug-likeness (QED) is 0.826. The van der Waals surface area contributed by atoms with Gasteiger partial charge in [-0.25, -0.2) is 9.69 Å². The Labute approximate surface area is 118 Å². The number of hydrogen-bond donors (Lipinski definition) is 0. The Morgan fingerprint density at radius 2 is 2.10 bits per heavy atom. The highest BCUT2D eigenvalue weighted by atomic mass is 16.5. The first-order valence-corrected chi connectivity index (χ1v) is 6.92. The van der Waals surface area contributed by atoms with E-state index >= 15 is 0 Å². The van der Waals surface area contributed by atoms with Gasteiger partial charge < -0.3 is 9.64 Å². The number of amides is 3. The first-order chi connectivity index (χ1) is 9.63. The third kappa shape index (κ3) is 1.89. The molecule has 0 aromatic heterocycles. The molecule has 5 heteroatoms. The number of carbonyl (C=O) groups is 2. The van der Waals surface area contributed by atoms with Gasteiger partial charge in [0, 0.05) is 6.54 Å². The van der Waals surface area contributed by atoms with E-state index in [0.717, 1.165) is 5.56 Å². The summed E-state index contributed by atoms with van der Waals surface area (Å²) in [6, 6.07) is 7.11. The molecule has 1 aromatic rings. The number of nitrogens with zero attached hydrogens (tertiary/aromatic N) is 2. The van der Waals surface area contributed by atoms with Crippen molar-refractivity contribution in [3.05, 3.63) is 29.8 Å². The van der Waals surface area contributed by atoms with Gasteiger partial charge in [0.25, 0.3) is 0 Å². The number of hydrogen-bond acceptors (Lipinski definition) is 3. The van der Waals surface area contributed by atoms with Crippen molar-refractivity contribution < 1.29 is 14.3 Å². The predicted octanol–water partition coefficient (Wildman–Crippen LogP) is 1.80. The number of rotatable bonds is 2. The number of carbonyl (C=O) groups excluding carboxylic acids is 2. The molecule has 2 atom stereocenters. The van der Waals surface area contributed by atoms with E-state index in [1.54, 1.807) is 11.0 Å².